The SMILES string of the molecule is CCOC(=O)N1CCN(C(=O)Cc2ccc(C=NNC(=O)c3ccc(O)c(Cl)c3)c3ccccc23)CC1. The van der Waals surface area contributed by atoms with Crippen molar-refractivity contribution in [2.24, 2.45) is 5.10 Å². The van der Waals surface area contributed by atoms with Crippen LogP contribution in [0.3, 0.4) is 0 Å². The van der Waals surface area contributed by atoms with Gasteiger partial charge >= 0.3 is 6.09 Å². The zero-order chi connectivity index (χ0) is 26.4. The number of carbonyl (C=O) groups excluding carboxylic acids is 3. The Morgan fingerprint density at radius 2 is 1.73 bits per heavy atom. The van der Waals surface area contributed by atoms with Crippen molar-refractivity contribution in [1.29, 1.82) is 0 Å². The highest BCUT2D eigenvalue weighted by molar-refractivity contribution is 6.32. The van der Waals surface area contributed by atoms with Crippen molar-refractivity contribution in [2.45, 2.75) is 13.3 Å². The molecule has 2 N–H and O–H groups in total. The van der Waals surface area contributed by atoms with Gasteiger partial charge in [0.1, 0.15) is 5.75 Å². The maximum Gasteiger partial charge on any atom is 0.409 e. The molecule has 0 atom stereocenters. The van der Waals surface area contributed by atoms with Gasteiger partial charge in [0.15, 0.2) is 0 Å². The van der Waals surface area contributed by atoms with Gasteiger partial charge < -0.3 is 19.6 Å². The van der Waals surface area contributed by atoms with Crippen LogP contribution in [-0.4, -0.2) is 71.8 Å². The molecule has 192 valence electrons. The number of hydrazone groups is 1. The van der Waals surface area contributed by atoms with Gasteiger partial charge in [-0.3, -0.25) is 9.59 Å². The summed E-state index contributed by atoms with van der Waals surface area (Å²) < 4.78 is 5.04. The Labute approximate surface area is 219 Å². The molecule has 1 heterocycles. The van der Waals surface area contributed by atoms with Gasteiger partial charge in [-0.1, -0.05) is 48.0 Å². The molecule has 1 aliphatic rings. The Balaban J connectivity index is 1.43. The summed E-state index contributed by atoms with van der Waals surface area (Å²) in [5.74, 6) is -0.576. The minimum absolute atomic E-state index is 0.00472. The van der Waals surface area contributed by atoms with Gasteiger partial charge in [-0.15, -0.1) is 0 Å². The quantitative estimate of drug-likeness (QED) is 0.378. The van der Waals surface area contributed by atoms with E-state index < -0.39 is 5.91 Å². The fourth-order valence-electron chi connectivity index (χ4n) is 4.15. The van der Waals surface area contributed by atoms with E-state index in [2.05, 4.69) is 10.5 Å². The Morgan fingerprint density at radius 3 is 2.43 bits per heavy atom. The van der Waals surface area contributed by atoms with E-state index in [0.29, 0.717) is 32.8 Å². The van der Waals surface area contributed by atoms with Gasteiger partial charge in [0, 0.05) is 37.3 Å². The van der Waals surface area contributed by atoms with Crippen LogP contribution in [0.4, 0.5) is 4.79 Å². The number of piperazine rings is 1. The number of nitrogens with zero attached hydrogens (tertiary/aromatic N) is 3. The van der Waals surface area contributed by atoms with E-state index in [-0.39, 0.29) is 34.8 Å². The van der Waals surface area contributed by atoms with Gasteiger partial charge in [0.2, 0.25) is 5.91 Å². The summed E-state index contributed by atoms with van der Waals surface area (Å²) in [6.07, 6.45) is 1.43. The second-order valence-electron chi connectivity index (χ2n) is 8.47. The second-order valence-corrected chi connectivity index (χ2v) is 8.88. The highest BCUT2D eigenvalue weighted by Gasteiger charge is 2.25. The predicted octanol–water partition coefficient (Wildman–Crippen LogP) is 3.81. The van der Waals surface area contributed by atoms with Gasteiger partial charge in [-0.2, -0.15) is 5.10 Å². The summed E-state index contributed by atoms with van der Waals surface area (Å²) in [6, 6.07) is 15.6. The molecular formula is C27H27ClN4O5. The molecule has 0 spiro atoms. The highest BCUT2D eigenvalue weighted by atomic mass is 35.5. The summed E-state index contributed by atoms with van der Waals surface area (Å²) >= 11 is 5.87. The van der Waals surface area contributed by atoms with E-state index >= 15 is 0 Å². The zero-order valence-electron chi connectivity index (χ0n) is 20.3. The normalized spacial score (nSPS) is 13.7. The number of phenols is 1. The summed E-state index contributed by atoms with van der Waals surface area (Å²) in [5, 5.41) is 15.5. The van der Waals surface area contributed by atoms with Crippen LogP contribution in [0.25, 0.3) is 10.8 Å². The van der Waals surface area contributed by atoms with Crippen LogP contribution in [0, 0.1) is 0 Å². The van der Waals surface area contributed by atoms with Crippen molar-refractivity contribution >= 4 is 46.5 Å². The molecule has 3 aromatic carbocycles. The predicted molar refractivity (Wildman–Crippen MR) is 141 cm³/mol. The molecule has 3 aromatic rings. The monoisotopic (exact) mass is 522 g/mol. The maximum atomic E-state index is 13.0. The molecule has 10 heteroatoms. The van der Waals surface area contributed by atoms with Gasteiger partial charge in [0.25, 0.3) is 5.91 Å². The first-order chi connectivity index (χ1) is 17.9. The number of rotatable bonds is 6. The molecule has 1 saturated heterocycles. The Morgan fingerprint density at radius 1 is 1.03 bits per heavy atom. The molecule has 1 fully saturated rings. The lowest BCUT2D eigenvalue weighted by molar-refractivity contribution is -0.132. The molecule has 9 nitrogen and oxygen atoms in total. The molecule has 37 heavy (non-hydrogen) atoms. The van der Waals surface area contributed by atoms with Crippen LogP contribution in [-0.2, 0) is 16.0 Å². The van der Waals surface area contributed by atoms with Crippen LogP contribution in [0.5, 0.6) is 5.75 Å². The van der Waals surface area contributed by atoms with Gasteiger partial charge in [-0.25, -0.2) is 10.2 Å². The largest absolute Gasteiger partial charge is 0.506 e. The van der Waals surface area contributed by atoms with Crippen molar-refractivity contribution in [3.05, 3.63) is 76.3 Å². The van der Waals surface area contributed by atoms with Crippen molar-refractivity contribution in [3.8, 4) is 5.75 Å². The van der Waals surface area contributed by atoms with Crippen molar-refractivity contribution in [1.82, 2.24) is 15.2 Å². The second kappa shape index (κ2) is 11.7. The summed E-state index contributed by atoms with van der Waals surface area (Å²) in [5.41, 5.74) is 4.39. The number of aromatic hydroxyl groups is 1. The topological polar surface area (TPSA) is 112 Å². The lowest BCUT2D eigenvalue weighted by atomic mass is 9.97. The number of carbonyl (C=O) groups is 3. The smallest absolute Gasteiger partial charge is 0.409 e. The standard InChI is InChI=1S/C27H27ClN4O5/c1-2-37-27(36)32-13-11-31(12-14-32)25(34)16-18-7-8-20(22-6-4-3-5-21(18)22)17-29-30-26(35)19-9-10-24(33)23(28)15-19/h3-10,15,17,33H,2,11-14,16H2,1H3,(H,30,35). The molecule has 0 aliphatic carbocycles. The Bertz CT molecular complexity index is 1350. The Kier molecular flexibility index (Phi) is 8.25. The molecule has 0 unspecified atom stereocenters. The lowest BCUT2D eigenvalue weighted by Crippen LogP contribution is -2.51. The number of hydrogen-bond donors (Lipinski definition) is 2. The van der Waals surface area contributed by atoms with Crippen LogP contribution >= 0.6 is 11.6 Å². The van der Waals surface area contributed by atoms with Crippen LogP contribution in [0.1, 0.15) is 28.4 Å². The van der Waals surface area contributed by atoms with E-state index in [0.717, 1.165) is 21.9 Å². The maximum absolute atomic E-state index is 13.0. The van der Waals surface area contributed by atoms with E-state index in [1.165, 1.54) is 18.2 Å². The molecule has 0 radical (unpaired) electrons. The number of halogens is 1. The van der Waals surface area contributed by atoms with Crippen molar-refractivity contribution < 1.29 is 24.2 Å². The molecule has 4 rings (SSSR count). The van der Waals surface area contributed by atoms with Crippen molar-refractivity contribution in [3.63, 3.8) is 0 Å². The average molecular weight is 523 g/mol. The molecule has 0 saturated carbocycles. The van der Waals surface area contributed by atoms with Gasteiger partial charge in [0.05, 0.1) is 24.3 Å². The third-order valence-electron chi connectivity index (χ3n) is 6.13. The summed E-state index contributed by atoms with van der Waals surface area (Å²) in [4.78, 5) is 40.7. The molecule has 0 bridgehead atoms. The molecule has 0 aromatic heterocycles. The van der Waals surface area contributed by atoms with E-state index in [9.17, 15) is 19.5 Å². The molecular weight excluding hydrogens is 496 g/mol. The number of phenolic OH excluding ortho intramolecular Hbond substituents is 1. The highest BCUT2D eigenvalue weighted by Crippen LogP contribution is 2.24. The zero-order valence-corrected chi connectivity index (χ0v) is 21.1. The number of fused-ring (bicyclic) bond motifs is 1. The summed E-state index contributed by atoms with van der Waals surface area (Å²) in [6.45, 7) is 3.92. The number of nitrogens with one attached hydrogen (secondary N) is 1. The fourth-order valence-corrected chi connectivity index (χ4v) is 4.33. The van der Waals surface area contributed by atoms with Crippen LogP contribution < -0.4 is 5.43 Å². The first-order valence-corrected chi connectivity index (χ1v) is 12.3. The van der Waals surface area contributed by atoms with Crippen LogP contribution in [0.15, 0.2) is 59.7 Å². The number of ether oxygens (including phenoxy) is 1. The van der Waals surface area contributed by atoms with E-state index in [1.54, 1.807) is 22.9 Å². The lowest BCUT2D eigenvalue weighted by Gasteiger charge is -2.34. The van der Waals surface area contributed by atoms with Gasteiger partial charge in [-0.05, 0) is 41.5 Å². The Hall–Kier alpha value is -4.11. The minimum atomic E-state index is -0.465. The van der Waals surface area contributed by atoms with E-state index in [1.807, 2.05) is 36.4 Å². The number of hydrogen-bond acceptors (Lipinski definition) is 6. The third kappa shape index (κ3) is 6.18. The third-order valence-corrected chi connectivity index (χ3v) is 6.43. The fraction of sp³-hybridized carbons (Fsp3) is 0.259. The summed E-state index contributed by atoms with van der Waals surface area (Å²) in [7, 11) is 0. The molecule has 1 aliphatic heterocycles. The number of benzene rings is 3. The number of amides is 3. The van der Waals surface area contributed by atoms with Crippen LogP contribution in [0.2, 0.25) is 5.02 Å². The first kappa shape index (κ1) is 26.0. The minimum Gasteiger partial charge on any atom is -0.506 e. The van der Waals surface area contributed by atoms with Crippen molar-refractivity contribution in [2.75, 3.05) is 32.8 Å². The van der Waals surface area contributed by atoms with E-state index in [4.69, 9.17) is 16.3 Å². The molecule has 3 amide bonds. The average Bonchev–Trinajstić information content (AvgIpc) is 2.91. The first-order valence-electron chi connectivity index (χ1n) is 11.9.